The first-order valence-electron chi connectivity index (χ1n) is 5.73. The number of halogens is 2. The number of hydrogen-bond acceptors (Lipinski definition) is 2. The van der Waals surface area contributed by atoms with Crippen LogP contribution in [0.4, 0.5) is 4.39 Å². The smallest absolute Gasteiger partial charge is 0.251 e. The zero-order valence-corrected chi connectivity index (χ0v) is 11.7. The number of carbonyl (C=O) groups is 1. The topological polar surface area (TPSA) is 41.1 Å². The lowest BCUT2D eigenvalue weighted by Crippen LogP contribution is -2.32. The third-order valence-electron chi connectivity index (χ3n) is 2.47. The third-order valence-corrected chi connectivity index (χ3v) is 2.47. The van der Waals surface area contributed by atoms with Crippen molar-refractivity contribution in [3.05, 3.63) is 35.1 Å². The summed E-state index contributed by atoms with van der Waals surface area (Å²) >= 11 is 0. The van der Waals surface area contributed by atoms with E-state index in [9.17, 15) is 9.18 Å². The molecular weight excluding hydrogens is 255 g/mol. The lowest BCUT2D eigenvalue weighted by atomic mass is 10.1. The lowest BCUT2D eigenvalue weighted by molar-refractivity contribution is 0.0947. The molecule has 0 aliphatic heterocycles. The van der Waals surface area contributed by atoms with Crippen molar-refractivity contribution in [2.24, 2.45) is 5.92 Å². The first-order valence-corrected chi connectivity index (χ1v) is 5.73. The number of aryl methyl sites for hydroxylation is 1. The maximum absolute atomic E-state index is 13.1. The summed E-state index contributed by atoms with van der Waals surface area (Å²) in [5.74, 6) is -0.257. The van der Waals surface area contributed by atoms with E-state index < -0.39 is 0 Å². The van der Waals surface area contributed by atoms with Gasteiger partial charge in [-0.15, -0.1) is 12.4 Å². The Morgan fingerprint density at radius 2 is 2.00 bits per heavy atom. The predicted molar refractivity (Wildman–Crippen MR) is 73.8 cm³/mol. The normalized spacial score (nSPS) is 11.6. The molecule has 102 valence electrons. The Morgan fingerprint density at radius 1 is 1.33 bits per heavy atom. The monoisotopic (exact) mass is 274 g/mol. The van der Waals surface area contributed by atoms with Gasteiger partial charge in [-0.25, -0.2) is 4.39 Å². The number of hydrogen-bond donors (Lipinski definition) is 2. The Labute approximate surface area is 114 Å². The quantitative estimate of drug-likeness (QED) is 0.864. The average Bonchev–Trinajstić information content (AvgIpc) is 2.25. The minimum Gasteiger partial charge on any atom is -0.352 e. The van der Waals surface area contributed by atoms with E-state index in [2.05, 4.69) is 10.6 Å². The fourth-order valence-corrected chi connectivity index (χ4v) is 1.66. The van der Waals surface area contributed by atoms with Crippen molar-refractivity contribution < 1.29 is 9.18 Å². The van der Waals surface area contributed by atoms with Gasteiger partial charge in [-0.05, 0) is 50.2 Å². The number of benzene rings is 1. The molecule has 1 amide bonds. The van der Waals surface area contributed by atoms with Gasteiger partial charge >= 0.3 is 0 Å². The van der Waals surface area contributed by atoms with Gasteiger partial charge in [0.05, 0.1) is 0 Å². The van der Waals surface area contributed by atoms with Crippen molar-refractivity contribution in [3.8, 4) is 0 Å². The van der Waals surface area contributed by atoms with E-state index in [0.717, 1.165) is 12.1 Å². The van der Waals surface area contributed by atoms with Crippen molar-refractivity contribution in [1.82, 2.24) is 10.6 Å². The van der Waals surface area contributed by atoms with Crippen molar-refractivity contribution in [3.63, 3.8) is 0 Å². The standard InChI is InChI=1S/C13H19FN2O.ClH/c1-9-4-11(6-12(14)5-9)13(17)16-8-10(2)7-15-3;/h4-6,10,15H,7-8H2,1-3H3,(H,16,17);1H. The third kappa shape index (κ3) is 5.47. The molecule has 0 fully saturated rings. The van der Waals surface area contributed by atoms with Gasteiger partial charge in [0.25, 0.3) is 5.91 Å². The Morgan fingerprint density at radius 3 is 2.56 bits per heavy atom. The van der Waals surface area contributed by atoms with E-state index in [1.807, 2.05) is 14.0 Å². The van der Waals surface area contributed by atoms with Crippen LogP contribution in [-0.4, -0.2) is 26.0 Å². The molecule has 0 aliphatic carbocycles. The lowest BCUT2D eigenvalue weighted by Gasteiger charge is -2.12. The van der Waals surface area contributed by atoms with Crippen molar-refractivity contribution in [2.45, 2.75) is 13.8 Å². The Balaban J connectivity index is 0.00000289. The highest BCUT2D eigenvalue weighted by atomic mass is 35.5. The summed E-state index contributed by atoms with van der Waals surface area (Å²) in [4.78, 5) is 11.8. The van der Waals surface area contributed by atoms with Crippen LogP contribution in [0.5, 0.6) is 0 Å². The van der Waals surface area contributed by atoms with Gasteiger partial charge in [0.15, 0.2) is 0 Å². The molecule has 0 radical (unpaired) electrons. The van der Waals surface area contributed by atoms with Crippen molar-refractivity contribution in [1.29, 1.82) is 0 Å². The molecule has 2 N–H and O–H groups in total. The molecule has 0 spiro atoms. The fourth-order valence-electron chi connectivity index (χ4n) is 1.66. The summed E-state index contributed by atoms with van der Waals surface area (Å²) < 4.78 is 13.1. The van der Waals surface area contributed by atoms with E-state index in [4.69, 9.17) is 0 Å². The summed E-state index contributed by atoms with van der Waals surface area (Å²) in [6.45, 7) is 5.22. The maximum Gasteiger partial charge on any atom is 0.251 e. The molecule has 0 bridgehead atoms. The first-order chi connectivity index (χ1) is 8.02. The van der Waals surface area contributed by atoms with Crippen molar-refractivity contribution >= 4 is 18.3 Å². The molecule has 3 nitrogen and oxygen atoms in total. The van der Waals surface area contributed by atoms with Crippen LogP contribution in [0.15, 0.2) is 18.2 Å². The first kappa shape index (κ1) is 16.9. The number of nitrogens with one attached hydrogen (secondary N) is 2. The summed E-state index contributed by atoms with van der Waals surface area (Å²) in [6, 6.07) is 4.34. The van der Waals surface area contributed by atoms with E-state index in [0.29, 0.717) is 18.0 Å². The largest absolute Gasteiger partial charge is 0.352 e. The molecule has 0 saturated carbocycles. The summed E-state index contributed by atoms with van der Waals surface area (Å²) in [6.07, 6.45) is 0. The molecule has 0 heterocycles. The fraction of sp³-hybridized carbons (Fsp3) is 0.462. The molecule has 5 heteroatoms. The van der Waals surface area contributed by atoms with Gasteiger partial charge in [-0.1, -0.05) is 6.92 Å². The van der Waals surface area contributed by atoms with Gasteiger partial charge in [-0.2, -0.15) is 0 Å². The van der Waals surface area contributed by atoms with Crippen LogP contribution >= 0.6 is 12.4 Å². The number of carbonyl (C=O) groups excluding carboxylic acids is 1. The van der Waals surface area contributed by atoms with Crippen LogP contribution in [0.1, 0.15) is 22.8 Å². The molecule has 1 atom stereocenters. The van der Waals surface area contributed by atoms with E-state index in [1.54, 1.807) is 13.0 Å². The minimum absolute atomic E-state index is 0. The summed E-state index contributed by atoms with van der Waals surface area (Å²) in [5.41, 5.74) is 1.12. The van der Waals surface area contributed by atoms with Crippen molar-refractivity contribution in [2.75, 3.05) is 20.1 Å². The summed E-state index contributed by atoms with van der Waals surface area (Å²) in [7, 11) is 1.87. The van der Waals surface area contributed by atoms with Gasteiger partial charge in [0.2, 0.25) is 0 Å². The summed E-state index contributed by atoms with van der Waals surface area (Å²) in [5, 5.41) is 5.83. The van der Waals surface area contributed by atoms with E-state index >= 15 is 0 Å². The maximum atomic E-state index is 13.1. The molecule has 0 saturated heterocycles. The predicted octanol–water partition coefficient (Wildman–Crippen LogP) is 2.14. The Bertz CT molecular complexity index is 378. The zero-order chi connectivity index (χ0) is 12.8. The minimum atomic E-state index is -0.376. The van der Waals surface area contributed by atoms with Crippen LogP contribution < -0.4 is 10.6 Å². The SMILES string of the molecule is CNCC(C)CNC(=O)c1cc(C)cc(F)c1.Cl. The van der Waals surface area contributed by atoms with Gasteiger partial charge in [-0.3, -0.25) is 4.79 Å². The van der Waals surface area contributed by atoms with Crippen LogP contribution in [0.3, 0.4) is 0 Å². The van der Waals surface area contributed by atoms with Gasteiger partial charge in [0, 0.05) is 12.1 Å². The highest BCUT2D eigenvalue weighted by Crippen LogP contribution is 2.08. The van der Waals surface area contributed by atoms with Gasteiger partial charge < -0.3 is 10.6 Å². The van der Waals surface area contributed by atoms with Crippen LogP contribution in [0.2, 0.25) is 0 Å². The Hall–Kier alpha value is -1.13. The second-order valence-corrected chi connectivity index (χ2v) is 4.39. The van der Waals surface area contributed by atoms with Crippen LogP contribution in [0.25, 0.3) is 0 Å². The van der Waals surface area contributed by atoms with Crippen LogP contribution in [-0.2, 0) is 0 Å². The average molecular weight is 275 g/mol. The molecule has 1 unspecified atom stereocenters. The van der Waals surface area contributed by atoms with E-state index in [-0.39, 0.29) is 24.1 Å². The second-order valence-electron chi connectivity index (χ2n) is 4.39. The van der Waals surface area contributed by atoms with Gasteiger partial charge in [0.1, 0.15) is 5.82 Å². The Kier molecular flexibility index (Phi) is 7.55. The molecule has 1 aromatic carbocycles. The molecule has 18 heavy (non-hydrogen) atoms. The molecule has 1 aromatic rings. The molecule has 1 rings (SSSR count). The zero-order valence-electron chi connectivity index (χ0n) is 10.9. The number of rotatable bonds is 5. The number of amides is 1. The highest BCUT2D eigenvalue weighted by molar-refractivity contribution is 5.94. The molecule has 0 aliphatic rings. The second kappa shape index (κ2) is 8.06. The highest BCUT2D eigenvalue weighted by Gasteiger charge is 2.09. The molecular formula is C13H20ClFN2O. The molecule has 0 aromatic heterocycles. The van der Waals surface area contributed by atoms with E-state index in [1.165, 1.54) is 12.1 Å². The van der Waals surface area contributed by atoms with Crippen LogP contribution in [0, 0.1) is 18.7 Å².